The first kappa shape index (κ1) is 16.0. The van der Waals surface area contributed by atoms with Gasteiger partial charge in [-0.25, -0.2) is 4.79 Å². The summed E-state index contributed by atoms with van der Waals surface area (Å²) >= 11 is 4.70. The number of nitrogens with zero attached hydrogens (tertiary/aromatic N) is 2. The Balaban J connectivity index is 2.15. The highest BCUT2D eigenvalue weighted by atomic mass is 79.9. The highest BCUT2D eigenvalue weighted by Crippen LogP contribution is 2.29. The number of carbonyl (C=O) groups is 1. The molecule has 5 nitrogen and oxygen atoms in total. The zero-order chi connectivity index (χ0) is 15.6. The second-order valence-electron chi connectivity index (χ2n) is 5.50. The lowest BCUT2D eigenvalue weighted by atomic mass is 9.96. The third-order valence-corrected chi connectivity index (χ3v) is 4.20. The van der Waals surface area contributed by atoms with Gasteiger partial charge in [-0.1, -0.05) is 41.9 Å². The number of hydrogen-bond donors (Lipinski definition) is 1. The number of benzene rings is 1. The molecule has 0 aliphatic rings. The van der Waals surface area contributed by atoms with E-state index in [0.29, 0.717) is 22.4 Å². The molecule has 21 heavy (non-hydrogen) atoms. The van der Waals surface area contributed by atoms with Gasteiger partial charge in [0.25, 0.3) is 0 Å². The molecule has 2 rings (SSSR count). The van der Waals surface area contributed by atoms with Gasteiger partial charge < -0.3 is 9.63 Å². The Hall–Kier alpha value is -1.34. The van der Waals surface area contributed by atoms with Gasteiger partial charge in [0.2, 0.25) is 5.89 Å². The van der Waals surface area contributed by atoms with E-state index in [4.69, 9.17) is 4.52 Å². The predicted octanol–water partition coefficient (Wildman–Crippen LogP) is 4.12. The maximum Gasteiger partial charge on any atom is 0.336 e. The van der Waals surface area contributed by atoms with Crippen molar-refractivity contribution in [2.45, 2.75) is 36.8 Å². The molecule has 2 aromatic rings. The molecule has 0 saturated heterocycles. The largest absolute Gasteiger partial charge is 0.478 e. The Morgan fingerprint density at radius 2 is 2.14 bits per heavy atom. The van der Waals surface area contributed by atoms with Crippen LogP contribution >= 0.6 is 27.7 Å². The Morgan fingerprint density at radius 1 is 1.43 bits per heavy atom. The molecular weight excluding hydrogens is 356 g/mol. The minimum Gasteiger partial charge on any atom is -0.478 e. The van der Waals surface area contributed by atoms with Crippen molar-refractivity contribution in [1.82, 2.24) is 10.1 Å². The Bertz CT molecular complexity index is 664. The molecular formula is C14H15BrN2O3S. The van der Waals surface area contributed by atoms with Crippen LogP contribution in [0.3, 0.4) is 0 Å². The molecule has 0 aliphatic heterocycles. The number of hydrogen-bond acceptors (Lipinski definition) is 5. The lowest BCUT2D eigenvalue weighted by molar-refractivity contribution is 0.0693. The van der Waals surface area contributed by atoms with Crippen LogP contribution < -0.4 is 0 Å². The smallest absolute Gasteiger partial charge is 0.336 e. The van der Waals surface area contributed by atoms with Crippen LogP contribution in [0.25, 0.3) is 0 Å². The molecule has 1 aromatic heterocycles. The lowest BCUT2D eigenvalue weighted by Crippen LogP contribution is -2.13. The molecule has 1 aromatic carbocycles. The van der Waals surface area contributed by atoms with E-state index in [9.17, 15) is 9.90 Å². The highest BCUT2D eigenvalue weighted by Gasteiger charge is 2.21. The molecule has 0 atom stereocenters. The van der Waals surface area contributed by atoms with Gasteiger partial charge in [-0.2, -0.15) is 4.98 Å². The Kier molecular flexibility index (Phi) is 4.73. The van der Waals surface area contributed by atoms with Gasteiger partial charge in [0.05, 0.1) is 11.3 Å². The summed E-state index contributed by atoms with van der Waals surface area (Å²) < 4.78 is 6.03. The van der Waals surface area contributed by atoms with E-state index in [-0.39, 0.29) is 11.0 Å². The van der Waals surface area contributed by atoms with E-state index in [1.165, 1.54) is 11.8 Å². The summed E-state index contributed by atoms with van der Waals surface area (Å²) in [6.07, 6.45) is 0. The fourth-order valence-corrected chi connectivity index (χ4v) is 2.98. The first-order chi connectivity index (χ1) is 9.77. The van der Waals surface area contributed by atoms with E-state index in [0.717, 1.165) is 4.47 Å². The van der Waals surface area contributed by atoms with E-state index in [1.807, 2.05) is 20.8 Å². The summed E-state index contributed by atoms with van der Waals surface area (Å²) in [5.74, 6) is 0.609. The van der Waals surface area contributed by atoms with Crippen molar-refractivity contribution in [3.05, 3.63) is 40.0 Å². The van der Waals surface area contributed by atoms with Crippen LogP contribution in [0.5, 0.6) is 0 Å². The molecule has 0 spiro atoms. The number of carboxylic acid groups (broad SMARTS) is 1. The van der Waals surface area contributed by atoms with Crippen LogP contribution in [-0.2, 0) is 11.2 Å². The third-order valence-electron chi connectivity index (χ3n) is 2.66. The Morgan fingerprint density at radius 3 is 2.71 bits per heavy atom. The number of rotatable bonds is 4. The fraction of sp³-hybridized carbons (Fsp3) is 0.357. The second kappa shape index (κ2) is 6.19. The molecule has 7 heteroatoms. The molecule has 1 heterocycles. The van der Waals surface area contributed by atoms with Gasteiger partial charge in [0, 0.05) is 14.8 Å². The molecule has 0 saturated carbocycles. The quantitative estimate of drug-likeness (QED) is 0.815. The van der Waals surface area contributed by atoms with Crippen molar-refractivity contribution in [3.8, 4) is 0 Å². The maximum absolute atomic E-state index is 11.2. The summed E-state index contributed by atoms with van der Waals surface area (Å²) in [6.45, 7) is 6.02. The molecule has 1 N–H and O–H groups in total. The molecule has 0 aliphatic carbocycles. The van der Waals surface area contributed by atoms with Crippen LogP contribution in [0.2, 0.25) is 0 Å². The Labute approximate surface area is 135 Å². The number of thioether (sulfide) groups is 1. The summed E-state index contributed by atoms with van der Waals surface area (Å²) in [5, 5.41) is 13.1. The zero-order valence-corrected chi connectivity index (χ0v) is 14.3. The first-order valence-corrected chi connectivity index (χ1v) is 8.04. The number of aromatic carboxylic acids is 1. The van der Waals surface area contributed by atoms with Gasteiger partial charge in [-0.15, -0.1) is 11.8 Å². The SMILES string of the molecule is CC(C)(C)c1noc(CSc2cc(Br)ccc2C(=O)O)n1. The number of halogens is 1. The van der Waals surface area contributed by atoms with Crippen molar-refractivity contribution in [2.24, 2.45) is 0 Å². The predicted molar refractivity (Wildman–Crippen MR) is 83.7 cm³/mol. The van der Waals surface area contributed by atoms with Crippen molar-refractivity contribution in [1.29, 1.82) is 0 Å². The summed E-state index contributed by atoms with van der Waals surface area (Å²) in [4.78, 5) is 16.2. The van der Waals surface area contributed by atoms with E-state index in [1.54, 1.807) is 18.2 Å². The molecule has 0 radical (unpaired) electrons. The minimum absolute atomic E-state index is 0.172. The van der Waals surface area contributed by atoms with Gasteiger partial charge in [-0.05, 0) is 18.2 Å². The van der Waals surface area contributed by atoms with Crippen molar-refractivity contribution in [2.75, 3.05) is 0 Å². The van der Waals surface area contributed by atoms with Crippen LogP contribution in [0, 0.1) is 0 Å². The fourth-order valence-electron chi connectivity index (χ4n) is 1.55. The molecule has 0 bridgehead atoms. The zero-order valence-electron chi connectivity index (χ0n) is 11.9. The third kappa shape index (κ3) is 4.07. The maximum atomic E-state index is 11.2. The standard InChI is InChI=1S/C14H15BrN2O3S/c1-14(2,3)13-16-11(20-17-13)7-21-10-6-8(15)4-5-9(10)12(18)19/h4-6H,7H2,1-3H3,(H,18,19). The van der Waals surface area contributed by atoms with Gasteiger partial charge in [-0.3, -0.25) is 0 Å². The average Bonchev–Trinajstić information content (AvgIpc) is 2.84. The van der Waals surface area contributed by atoms with Gasteiger partial charge in [0.1, 0.15) is 0 Å². The molecule has 0 amide bonds. The second-order valence-corrected chi connectivity index (χ2v) is 7.43. The van der Waals surface area contributed by atoms with Crippen LogP contribution in [0.15, 0.2) is 32.1 Å². The number of aromatic nitrogens is 2. The highest BCUT2D eigenvalue weighted by molar-refractivity contribution is 9.10. The van der Waals surface area contributed by atoms with Crippen LogP contribution in [0.1, 0.15) is 42.8 Å². The molecule has 112 valence electrons. The summed E-state index contributed by atoms with van der Waals surface area (Å²) in [5.41, 5.74) is 0.0905. The first-order valence-electron chi connectivity index (χ1n) is 6.26. The lowest BCUT2D eigenvalue weighted by Gasteiger charge is -2.10. The average molecular weight is 371 g/mol. The summed E-state index contributed by atoms with van der Waals surface area (Å²) in [6, 6.07) is 5.05. The summed E-state index contributed by atoms with van der Waals surface area (Å²) in [7, 11) is 0. The monoisotopic (exact) mass is 370 g/mol. The molecule has 0 unspecified atom stereocenters. The van der Waals surface area contributed by atoms with Crippen LogP contribution in [0.4, 0.5) is 0 Å². The van der Waals surface area contributed by atoms with E-state index >= 15 is 0 Å². The van der Waals surface area contributed by atoms with Gasteiger partial charge >= 0.3 is 5.97 Å². The minimum atomic E-state index is -0.953. The van der Waals surface area contributed by atoms with E-state index < -0.39 is 5.97 Å². The normalized spacial score (nSPS) is 11.6. The van der Waals surface area contributed by atoms with Gasteiger partial charge in [0.15, 0.2) is 5.82 Å². The topological polar surface area (TPSA) is 76.2 Å². The van der Waals surface area contributed by atoms with Crippen molar-refractivity contribution >= 4 is 33.7 Å². The van der Waals surface area contributed by atoms with E-state index in [2.05, 4.69) is 26.1 Å². The number of carboxylic acids is 1. The van der Waals surface area contributed by atoms with Crippen molar-refractivity contribution < 1.29 is 14.4 Å². The van der Waals surface area contributed by atoms with Crippen molar-refractivity contribution in [3.63, 3.8) is 0 Å². The van der Waals surface area contributed by atoms with Crippen LogP contribution in [-0.4, -0.2) is 21.2 Å². The molecule has 0 fully saturated rings.